The fraction of sp³-hybridized carbons (Fsp3) is 0.174. The lowest BCUT2D eigenvalue weighted by atomic mass is 10.1. The van der Waals surface area contributed by atoms with Gasteiger partial charge in [-0.25, -0.2) is 8.42 Å². The average Bonchev–Trinajstić information content (AvgIpc) is 2.77. The van der Waals surface area contributed by atoms with Crippen LogP contribution in [0.1, 0.15) is 21.5 Å². The van der Waals surface area contributed by atoms with Crippen LogP contribution in [0.3, 0.4) is 0 Å². The van der Waals surface area contributed by atoms with Crippen LogP contribution >= 0.6 is 11.6 Å². The number of hydrogen-bond donors (Lipinski definition) is 2. The second-order valence-electron chi connectivity index (χ2n) is 7.38. The quantitative estimate of drug-likeness (QED) is 0.557. The number of amides is 1. The van der Waals surface area contributed by atoms with Crippen LogP contribution in [0.25, 0.3) is 0 Å². The van der Waals surface area contributed by atoms with E-state index in [1.807, 2.05) is 13.8 Å². The van der Waals surface area contributed by atoms with Gasteiger partial charge in [0.1, 0.15) is 13.2 Å². The van der Waals surface area contributed by atoms with Crippen molar-refractivity contribution in [2.75, 3.05) is 23.3 Å². The van der Waals surface area contributed by atoms with E-state index in [-0.39, 0.29) is 35.2 Å². The van der Waals surface area contributed by atoms with Gasteiger partial charge in [-0.15, -0.1) is 0 Å². The van der Waals surface area contributed by atoms with Crippen LogP contribution in [0.2, 0.25) is 5.02 Å². The monoisotopic (exact) mass is 472 g/mol. The summed E-state index contributed by atoms with van der Waals surface area (Å²) in [7, 11) is -3.99. The number of nitrogens with one attached hydrogen (secondary N) is 2. The molecule has 4 rings (SSSR count). The van der Waals surface area contributed by atoms with Gasteiger partial charge in [-0.2, -0.15) is 0 Å². The molecule has 0 fully saturated rings. The Balaban J connectivity index is 1.70. The van der Waals surface area contributed by atoms with Gasteiger partial charge in [0.15, 0.2) is 11.5 Å². The van der Waals surface area contributed by atoms with Gasteiger partial charge in [0.2, 0.25) is 0 Å². The average molecular weight is 473 g/mol. The predicted molar refractivity (Wildman–Crippen MR) is 124 cm³/mol. The first-order valence-corrected chi connectivity index (χ1v) is 11.7. The Labute approximate surface area is 191 Å². The molecule has 2 N–H and O–H groups in total. The van der Waals surface area contributed by atoms with Crippen molar-refractivity contribution in [2.45, 2.75) is 18.7 Å². The highest BCUT2D eigenvalue weighted by Crippen LogP contribution is 2.37. The molecule has 3 aromatic carbocycles. The Morgan fingerprint density at radius 2 is 1.62 bits per heavy atom. The molecule has 3 aromatic rings. The summed E-state index contributed by atoms with van der Waals surface area (Å²) >= 11 is 6.15. The molecule has 9 heteroatoms. The summed E-state index contributed by atoms with van der Waals surface area (Å²) in [6, 6.07) is 14.7. The minimum absolute atomic E-state index is 0.0446. The van der Waals surface area contributed by atoms with Crippen molar-refractivity contribution >= 4 is 38.9 Å². The van der Waals surface area contributed by atoms with Crippen LogP contribution in [0.5, 0.6) is 11.5 Å². The molecule has 1 amide bonds. The summed E-state index contributed by atoms with van der Waals surface area (Å²) < 4.78 is 39.8. The maximum atomic E-state index is 13.1. The van der Waals surface area contributed by atoms with Gasteiger partial charge in [-0.3, -0.25) is 9.52 Å². The van der Waals surface area contributed by atoms with Crippen LogP contribution in [0, 0.1) is 13.8 Å². The number of benzene rings is 3. The molecule has 7 nitrogen and oxygen atoms in total. The summed E-state index contributed by atoms with van der Waals surface area (Å²) in [4.78, 5) is 12.9. The SMILES string of the molecule is Cc1ccc(NS(=O)(=O)c2cc3c(c(C(=O)Nc4ccc(C)c(Cl)c4)c2)OCCO3)cc1. The minimum atomic E-state index is -3.99. The van der Waals surface area contributed by atoms with Gasteiger partial charge >= 0.3 is 0 Å². The van der Waals surface area contributed by atoms with Gasteiger partial charge in [0.25, 0.3) is 15.9 Å². The molecular formula is C23H21ClN2O5S. The van der Waals surface area contributed by atoms with Crippen molar-refractivity contribution in [1.82, 2.24) is 0 Å². The molecule has 1 heterocycles. The lowest BCUT2D eigenvalue weighted by Gasteiger charge is -2.22. The fourth-order valence-corrected chi connectivity index (χ4v) is 4.44. The number of anilines is 2. The minimum Gasteiger partial charge on any atom is -0.486 e. The summed E-state index contributed by atoms with van der Waals surface area (Å²) in [6.07, 6.45) is 0. The number of carbonyl (C=O) groups excluding carboxylic acids is 1. The number of aryl methyl sites for hydroxylation is 2. The molecule has 0 spiro atoms. The van der Waals surface area contributed by atoms with Gasteiger partial charge in [0, 0.05) is 22.5 Å². The van der Waals surface area contributed by atoms with Crippen LogP contribution in [0.4, 0.5) is 11.4 Å². The van der Waals surface area contributed by atoms with Crippen molar-refractivity contribution < 1.29 is 22.7 Å². The van der Waals surface area contributed by atoms with E-state index in [1.165, 1.54) is 12.1 Å². The molecule has 166 valence electrons. The normalized spacial score (nSPS) is 12.8. The lowest BCUT2D eigenvalue weighted by molar-refractivity contribution is 0.101. The Morgan fingerprint density at radius 3 is 2.34 bits per heavy atom. The molecule has 0 saturated carbocycles. The zero-order chi connectivity index (χ0) is 22.9. The summed E-state index contributed by atoms with van der Waals surface area (Å²) in [5, 5.41) is 3.24. The number of fused-ring (bicyclic) bond motifs is 1. The molecule has 0 aromatic heterocycles. The van der Waals surface area contributed by atoms with E-state index in [1.54, 1.807) is 42.5 Å². The van der Waals surface area contributed by atoms with Crippen LogP contribution in [-0.4, -0.2) is 27.5 Å². The van der Waals surface area contributed by atoms with Crippen LogP contribution in [-0.2, 0) is 10.0 Å². The topological polar surface area (TPSA) is 93.7 Å². The molecule has 0 unspecified atom stereocenters. The second-order valence-corrected chi connectivity index (χ2v) is 9.47. The first-order chi connectivity index (χ1) is 15.2. The van der Waals surface area contributed by atoms with E-state index in [0.29, 0.717) is 16.4 Å². The molecule has 32 heavy (non-hydrogen) atoms. The van der Waals surface area contributed by atoms with Gasteiger partial charge < -0.3 is 14.8 Å². The van der Waals surface area contributed by atoms with E-state index in [9.17, 15) is 13.2 Å². The number of rotatable bonds is 5. The maximum absolute atomic E-state index is 13.1. The van der Waals surface area contributed by atoms with E-state index in [2.05, 4.69) is 10.0 Å². The molecular weight excluding hydrogens is 452 g/mol. The van der Waals surface area contributed by atoms with Crippen molar-refractivity contribution in [1.29, 1.82) is 0 Å². The van der Waals surface area contributed by atoms with E-state index >= 15 is 0 Å². The Morgan fingerprint density at radius 1 is 0.938 bits per heavy atom. The van der Waals surface area contributed by atoms with E-state index < -0.39 is 15.9 Å². The number of carbonyl (C=O) groups is 1. The zero-order valence-electron chi connectivity index (χ0n) is 17.4. The highest BCUT2D eigenvalue weighted by Gasteiger charge is 2.27. The van der Waals surface area contributed by atoms with Crippen LogP contribution < -0.4 is 19.5 Å². The Hall–Kier alpha value is -3.23. The highest BCUT2D eigenvalue weighted by molar-refractivity contribution is 7.92. The zero-order valence-corrected chi connectivity index (χ0v) is 19.0. The summed E-state index contributed by atoms with van der Waals surface area (Å²) in [6.45, 7) is 4.25. The molecule has 0 saturated heterocycles. The van der Waals surface area contributed by atoms with Crippen molar-refractivity contribution in [3.05, 3.63) is 76.3 Å². The fourth-order valence-electron chi connectivity index (χ4n) is 3.16. The van der Waals surface area contributed by atoms with Crippen LogP contribution in [0.15, 0.2) is 59.5 Å². The van der Waals surface area contributed by atoms with Gasteiger partial charge in [0.05, 0.1) is 10.5 Å². The largest absolute Gasteiger partial charge is 0.486 e. The third-order valence-electron chi connectivity index (χ3n) is 4.90. The number of halogens is 1. The van der Waals surface area contributed by atoms with Crippen molar-refractivity contribution in [3.8, 4) is 11.5 Å². The first kappa shape index (κ1) is 22.0. The number of sulfonamides is 1. The first-order valence-electron chi connectivity index (χ1n) is 9.83. The highest BCUT2D eigenvalue weighted by atomic mass is 35.5. The van der Waals surface area contributed by atoms with Crippen molar-refractivity contribution in [2.24, 2.45) is 0 Å². The van der Waals surface area contributed by atoms with Crippen molar-refractivity contribution in [3.63, 3.8) is 0 Å². The third-order valence-corrected chi connectivity index (χ3v) is 6.67. The second kappa shape index (κ2) is 8.72. The van der Waals surface area contributed by atoms with Gasteiger partial charge in [-0.05, 0) is 49.7 Å². The smallest absolute Gasteiger partial charge is 0.262 e. The van der Waals surface area contributed by atoms with Gasteiger partial charge in [-0.1, -0.05) is 35.4 Å². The van der Waals surface area contributed by atoms with E-state index in [0.717, 1.165) is 11.1 Å². The molecule has 0 aliphatic carbocycles. The third kappa shape index (κ3) is 4.66. The lowest BCUT2D eigenvalue weighted by Crippen LogP contribution is -2.22. The van der Waals surface area contributed by atoms with E-state index in [4.69, 9.17) is 21.1 Å². The molecule has 0 radical (unpaired) electrons. The number of hydrogen-bond acceptors (Lipinski definition) is 5. The molecule has 0 bridgehead atoms. The standard InChI is InChI=1S/C23H21ClN2O5S/c1-14-3-6-16(7-4-14)26-32(28,29)18-12-19(22-21(13-18)30-9-10-31-22)23(27)25-17-8-5-15(2)20(24)11-17/h3-8,11-13,26H,9-10H2,1-2H3,(H,25,27). The summed E-state index contributed by atoms with van der Waals surface area (Å²) in [5.74, 6) is -0.157. The molecule has 1 aliphatic rings. The summed E-state index contributed by atoms with van der Waals surface area (Å²) in [5.41, 5.74) is 2.80. The Kier molecular flexibility index (Phi) is 5.99. The molecule has 0 atom stereocenters. The maximum Gasteiger partial charge on any atom is 0.262 e. The molecule has 1 aliphatic heterocycles. The predicted octanol–water partition coefficient (Wildman–Crippen LogP) is 4.78. The Bertz CT molecular complexity index is 1290. The number of ether oxygens (including phenoxy) is 2.